The maximum Gasteiger partial charge on any atom is 0.343 e. The van der Waals surface area contributed by atoms with Crippen LogP contribution < -0.4 is 10.4 Å². The van der Waals surface area contributed by atoms with Crippen molar-refractivity contribution >= 4 is 11.0 Å². The van der Waals surface area contributed by atoms with Gasteiger partial charge in [0.1, 0.15) is 11.3 Å². The molecule has 0 aliphatic carbocycles. The Labute approximate surface area is 98.3 Å². The van der Waals surface area contributed by atoms with E-state index in [2.05, 4.69) is 0 Å². The Morgan fingerprint density at radius 2 is 2.00 bits per heavy atom. The number of hydrogen-bond donors (Lipinski definition) is 0. The van der Waals surface area contributed by atoms with Crippen molar-refractivity contribution in [3.63, 3.8) is 0 Å². The smallest absolute Gasteiger partial charge is 0.343 e. The van der Waals surface area contributed by atoms with E-state index in [1.165, 1.54) is 0 Å². The van der Waals surface area contributed by atoms with Crippen LogP contribution in [-0.2, 0) is 6.42 Å². The minimum Gasteiger partial charge on any atom is -0.492 e. The van der Waals surface area contributed by atoms with Crippen molar-refractivity contribution in [1.29, 1.82) is 0 Å². The lowest BCUT2D eigenvalue weighted by atomic mass is 10.1. The number of ether oxygens (including phenoxy) is 1. The van der Waals surface area contributed by atoms with Gasteiger partial charge >= 0.3 is 5.63 Å². The Bertz CT molecular complexity index is 637. The van der Waals surface area contributed by atoms with Gasteiger partial charge in [-0.3, -0.25) is 0 Å². The average Bonchev–Trinajstić information content (AvgIpc) is 2.29. The van der Waals surface area contributed by atoms with Crippen molar-refractivity contribution in [2.75, 3.05) is 6.61 Å². The topological polar surface area (TPSA) is 39.4 Å². The van der Waals surface area contributed by atoms with Crippen LogP contribution in [0.3, 0.4) is 0 Å². The summed E-state index contributed by atoms with van der Waals surface area (Å²) in [5.41, 5.74) is 0.894. The second-order valence-electron chi connectivity index (χ2n) is 4.01. The molecule has 1 aliphatic heterocycles. The van der Waals surface area contributed by atoms with Crippen molar-refractivity contribution in [3.05, 3.63) is 52.4 Å². The summed E-state index contributed by atoms with van der Waals surface area (Å²) in [4.78, 5) is 11.9. The molecule has 17 heavy (non-hydrogen) atoms. The molecule has 2 aromatic rings. The molecule has 0 unspecified atom stereocenters. The fourth-order valence-electron chi connectivity index (χ4n) is 2.05. The van der Waals surface area contributed by atoms with E-state index in [1.54, 1.807) is 6.07 Å². The molecule has 0 spiro atoms. The Hall–Kier alpha value is -2.03. The van der Waals surface area contributed by atoms with E-state index in [-0.39, 0.29) is 5.63 Å². The van der Waals surface area contributed by atoms with Crippen LogP contribution >= 0.6 is 0 Å². The Morgan fingerprint density at radius 3 is 2.94 bits per heavy atom. The van der Waals surface area contributed by atoms with Crippen molar-refractivity contribution < 1.29 is 9.15 Å². The van der Waals surface area contributed by atoms with E-state index in [4.69, 9.17) is 9.15 Å². The Kier molecular flexibility index (Phi) is 2.44. The standard InChI is InChI=1S/C14H12O3/c15-14-11-7-2-1-5-9-16-13(11)10-6-3-4-8-12(10)17-14/h1-4,6,8H,5,7,9H2/b2-1-. The number of hydrogen-bond acceptors (Lipinski definition) is 3. The van der Waals surface area contributed by atoms with Gasteiger partial charge in [-0.15, -0.1) is 0 Å². The molecule has 2 heterocycles. The molecule has 3 rings (SSSR count). The van der Waals surface area contributed by atoms with Crippen LogP contribution in [0.5, 0.6) is 5.75 Å². The first-order valence-corrected chi connectivity index (χ1v) is 5.69. The summed E-state index contributed by atoms with van der Waals surface area (Å²) >= 11 is 0. The molecule has 1 aromatic heterocycles. The van der Waals surface area contributed by atoms with Gasteiger partial charge in [-0.05, 0) is 18.6 Å². The monoisotopic (exact) mass is 228 g/mol. The lowest BCUT2D eigenvalue weighted by molar-refractivity contribution is 0.320. The molecule has 0 bridgehead atoms. The fourth-order valence-corrected chi connectivity index (χ4v) is 2.05. The van der Waals surface area contributed by atoms with Gasteiger partial charge in [0.25, 0.3) is 0 Å². The molecule has 0 atom stereocenters. The van der Waals surface area contributed by atoms with Crippen molar-refractivity contribution in [1.82, 2.24) is 0 Å². The lowest BCUT2D eigenvalue weighted by Gasteiger charge is -2.13. The molecular formula is C14H12O3. The summed E-state index contributed by atoms with van der Waals surface area (Å²) < 4.78 is 11.0. The zero-order chi connectivity index (χ0) is 11.7. The Morgan fingerprint density at radius 1 is 1.12 bits per heavy atom. The van der Waals surface area contributed by atoms with Gasteiger partial charge in [0.2, 0.25) is 0 Å². The van der Waals surface area contributed by atoms with Gasteiger partial charge in [0.05, 0.1) is 17.6 Å². The second kappa shape index (κ2) is 4.09. The number of para-hydroxylation sites is 1. The first kappa shape index (κ1) is 10.1. The zero-order valence-electron chi connectivity index (χ0n) is 9.31. The largest absolute Gasteiger partial charge is 0.492 e. The summed E-state index contributed by atoms with van der Waals surface area (Å²) in [6.45, 7) is 0.594. The highest BCUT2D eigenvalue weighted by Crippen LogP contribution is 2.28. The fraction of sp³-hybridized carbons (Fsp3) is 0.214. The van der Waals surface area contributed by atoms with Crippen LogP contribution in [0.2, 0.25) is 0 Å². The summed E-state index contributed by atoms with van der Waals surface area (Å²) in [7, 11) is 0. The van der Waals surface area contributed by atoms with Crippen LogP contribution in [0.15, 0.2) is 45.6 Å². The van der Waals surface area contributed by atoms with Crippen molar-refractivity contribution in [3.8, 4) is 5.75 Å². The molecule has 1 aromatic carbocycles. The third-order valence-corrected chi connectivity index (χ3v) is 2.87. The van der Waals surface area contributed by atoms with E-state index >= 15 is 0 Å². The summed E-state index contributed by atoms with van der Waals surface area (Å²) in [6, 6.07) is 7.47. The average molecular weight is 228 g/mol. The molecule has 0 saturated carbocycles. The van der Waals surface area contributed by atoms with E-state index < -0.39 is 0 Å². The second-order valence-corrected chi connectivity index (χ2v) is 4.01. The molecular weight excluding hydrogens is 216 g/mol. The number of benzene rings is 1. The van der Waals surface area contributed by atoms with E-state index in [0.717, 1.165) is 11.8 Å². The third-order valence-electron chi connectivity index (χ3n) is 2.87. The first-order chi connectivity index (χ1) is 8.36. The minimum absolute atomic E-state index is 0.301. The van der Waals surface area contributed by atoms with Gasteiger partial charge < -0.3 is 9.15 Å². The molecule has 0 saturated heterocycles. The van der Waals surface area contributed by atoms with Gasteiger partial charge in [0.15, 0.2) is 0 Å². The summed E-state index contributed by atoms with van der Waals surface area (Å²) in [5.74, 6) is 0.682. The van der Waals surface area contributed by atoms with Gasteiger partial charge in [-0.2, -0.15) is 0 Å². The van der Waals surface area contributed by atoms with Gasteiger partial charge in [-0.1, -0.05) is 24.3 Å². The predicted octanol–water partition coefficient (Wildman–Crippen LogP) is 2.67. The first-order valence-electron chi connectivity index (χ1n) is 5.69. The van der Waals surface area contributed by atoms with E-state index in [1.807, 2.05) is 30.4 Å². The van der Waals surface area contributed by atoms with Gasteiger partial charge in [0, 0.05) is 6.42 Å². The van der Waals surface area contributed by atoms with E-state index in [9.17, 15) is 4.79 Å². The quantitative estimate of drug-likeness (QED) is 0.514. The SMILES string of the molecule is O=c1oc2ccccc2c2c1C/C=C\CCO2. The number of allylic oxidation sites excluding steroid dienone is 1. The van der Waals surface area contributed by atoms with Crippen LogP contribution in [0.25, 0.3) is 11.0 Å². The Balaban J connectivity index is 2.34. The number of rotatable bonds is 0. The predicted molar refractivity (Wildman–Crippen MR) is 65.4 cm³/mol. The molecule has 86 valence electrons. The number of fused-ring (bicyclic) bond motifs is 3. The maximum atomic E-state index is 11.9. The third kappa shape index (κ3) is 1.73. The zero-order valence-corrected chi connectivity index (χ0v) is 9.31. The van der Waals surface area contributed by atoms with Crippen LogP contribution in [0.1, 0.15) is 12.0 Å². The van der Waals surface area contributed by atoms with Crippen molar-refractivity contribution in [2.24, 2.45) is 0 Å². The molecule has 0 fully saturated rings. The van der Waals surface area contributed by atoms with Crippen LogP contribution in [-0.4, -0.2) is 6.61 Å². The molecule has 0 N–H and O–H groups in total. The lowest BCUT2D eigenvalue weighted by Crippen LogP contribution is -2.12. The van der Waals surface area contributed by atoms with Crippen LogP contribution in [0.4, 0.5) is 0 Å². The van der Waals surface area contributed by atoms with E-state index in [0.29, 0.717) is 29.9 Å². The maximum absolute atomic E-state index is 11.9. The van der Waals surface area contributed by atoms with Crippen LogP contribution in [0, 0.1) is 0 Å². The summed E-state index contributed by atoms with van der Waals surface area (Å²) in [5, 5.41) is 0.873. The highest BCUT2D eigenvalue weighted by atomic mass is 16.5. The molecule has 0 radical (unpaired) electrons. The van der Waals surface area contributed by atoms with Crippen molar-refractivity contribution in [2.45, 2.75) is 12.8 Å². The highest BCUT2D eigenvalue weighted by Gasteiger charge is 2.15. The van der Waals surface area contributed by atoms with Gasteiger partial charge in [-0.25, -0.2) is 4.79 Å². The normalized spacial score (nSPS) is 16.7. The molecule has 3 nitrogen and oxygen atoms in total. The minimum atomic E-state index is -0.301. The highest BCUT2D eigenvalue weighted by molar-refractivity contribution is 5.84. The molecule has 1 aliphatic rings. The molecule has 0 amide bonds. The summed E-state index contributed by atoms with van der Waals surface area (Å²) in [6.07, 6.45) is 5.46. The molecule has 3 heteroatoms.